The van der Waals surface area contributed by atoms with E-state index < -0.39 is 25.8 Å². The summed E-state index contributed by atoms with van der Waals surface area (Å²) in [4.78, 5) is 27.5. The van der Waals surface area contributed by atoms with Crippen LogP contribution in [0.1, 0.15) is 0 Å². The molecule has 12 heavy (non-hydrogen) atoms. The maximum atomic E-state index is 10.8. The first-order valence-electron chi connectivity index (χ1n) is 3.05. The average Bonchev–Trinajstić information content (AvgIpc) is 1.97. The Morgan fingerprint density at radius 3 is 2.50 bits per heavy atom. The molecule has 0 aliphatic carbocycles. The van der Waals surface area contributed by atoms with E-state index in [0.29, 0.717) is 0 Å². The van der Waals surface area contributed by atoms with Crippen LogP contribution in [-0.4, -0.2) is 33.8 Å². The summed E-state index contributed by atoms with van der Waals surface area (Å²) in [5.41, 5.74) is 5.20. The molecular formula is C4H11N2O4PS. The highest BCUT2D eigenvalue weighted by Crippen LogP contribution is 2.31. The van der Waals surface area contributed by atoms with Crippen LogP contribution in [0.4, 0.5) is 0 Å². The van der Waals surface area contributed by atoms with Crippen molar-refractivity contribution in [1.82, 2.24) is 5.32 Å². The van der Waals surface area contributed by atoms with Gasteiger partial charge in [-0.25, -0.2) is 0 Å². The van der Waals surface area contributed by atoms with Gasteiger partial charge >= 0.3 is 7.60 Å². The van der Waals surface area contributed by atoms with Crippen molar-refractivity contribution in [2.75, 3.05) is 12.0 Å². The molecule has 0 rings (SSSR count). The maximum Gasteiger partial charge on any atom is 0.344 e. The predicted octanol–water partition coefficient (Wildman–Crippen LogP) is -1.51. The van der Waals surface area contributed by atoms with Crippen LogP contribution >= 0.6 is 20.2 Å². The monoisotopic (exact) mass is 214 g/mol. The fourth-order valence-corrected chi connectivity index (χ4v) is 0.923. The number of rotatable bonds is 4. The van der Waals surface area contributed by atoms with E-state index in [1.807, 2.05) is 5.32 Å². The molecule has 0 spiro atoms. The second kappa shape index (κ2) is 4.84. The van der Waals surface area contributed by atoms with Gasteiger partial charge in [0.15, 0.2) is 0 Å². The lowest BCUT2D eigenvalue weighted by Gasteiger charge is -2.09. The number of carbonyl (C=O) groups is 1. The molecule has 0 radical (unpaired) electrons. The number of carbonyl (C=O) groups excluding carboxylic acids is 1. The molecule has 0 aromatic heterocycles. The molecule has 0 aromatic carbocycles. The van der Waals surface area contributed by atoms with Gasteiger partial charge in [-0.1, -0.05) is 0 Å². The van der Waals surface area contributed by atoms with Gasteiger partial charge in [-0.3, -0.25) is 9.36 Å². The molecule has 0 saturated carbocycles. The number of nitrogens with one attached hydrogen (secondary N) is 1. The Balaban J connectivity index is 3.80. The number of hydrogen-bond donors (Lipinski definition) is 5. The van der Waals surface area contributed by atoms with Crippen LogP contribution in [0.3, 0.4) is 0 Å². The fourth-order valence-electron chi connectivity index (χ4n) is 0.395. The van der Waals surface area contributed by atoms with Gasteiger partial charge in [0.2, 0.25) is 5.91 Å². The maximum absolute atomic E-state index is 10.8. The SMILES string of the molecule is N[C@@H](CS)C(=O)NCP(=O)(O)O. The van der Waals surface area contributed by atoms with Gasteiger partial charge in [0.05, 0.1) is 6.04 Å². The number of amides is 1. The van der Waals surface area contributed by atoms with Crippen LogP contribution in [0.2, 0.25) is 0 Å². The quantitative estimate of drug-likeness (QED) is 0.288. The van der Waals surface area contributed by atoms with Gasteiger partial charge in [0.1, 0.15) is 6.29 Å². The minimum absolute atomic E-state index is 0.132. The highest BCUT2D eigenvalue weighted by molar-refractivity contribution is 7.80. The second-order valence-corrected chi connectivity index (χ2v) is 4.16. The lowest BCUT2D eigenvalue weighted by atomic mass is 10.3. The summed E-state index contributed by atoms with van der Waals surface area (Å²) in [7, 11) is -4.18. The average molecular weight is 214 g/mol. The van der Waals surface area contributed by atoms with E-state index in [9.17, 15) is 9.36 Å². The van der Waals surface area contributed by atoms with Crippen LogP contribution in [0.15, 0.2) is 0 Å². The van der Waals surface area contributed by atoms with Crippen molar-refractivity contribution in [3.63, 3.8) is 0 Å². The molecule has 0 aliphatic heterocycles. The van der Waals surface area contributed by atoms with Crippen molar-refractivity contribution in [2.24, 2.45) is 5.73 Å². The van der Waals surface area contributed by atoms with Crippen LogP contribution in [-0.2, 0) is 9.36 Å². The summed E-state index contributed by atoms with van der Waals surface area (Å²) in [6, 6.07) is -0.833. The van der Waals surface area contributed by atoms with Gasteiger partial charge in [-0.05, 0) is 0 Å². The van der Waals surface area contributed by atoms with Gasteiger partial charge < -0.3 is 20.8 Å². The number of nitrogens with two attached hydrogens (primary N) is 1. The number of hydrogen-bond acceptors (Lipinski definition) is 4. The molecule has 6 nitrogen and oxygen atoms in total. The van der Waals surface area contributed by atoms with Crippen LogP contribution in [0.5, 0.6) is 0 Å². The topological polar surface area (TPSA) is 113 Å². The molecule has 0 saturated heterocycles. The van der Waals surface area contributed by atoms with E-state index in [1.165, 1.54) is 0 Å². The van der Waals surface area contributed by atoms with E-state index in [4.69, 9.17) is 15.5 Å². The van der Waals surface area contributed by atoms with Gasteiger partial charge in [0.25, 0.3) is 0 Å². The molecule has 0 bridgehead atoms. The summed E-state index contributed by atoms with van der Waals surface area (Å²) in [5, 5.41) is 2.00. The van der Waals surface area contributed by atoms with Crippen molar-refractivity contribution in [3.8, 4) is 0 Å². The Hall–Kier alpha value is -0.0700. The largest absolute Gasteiger partial charge is 0.344 e. The zero-order valence-corrected chi connectivity index (χ0v) is 7.96. The van der Waals surface area contributed by atoms with Gasteiger partial charge in [0, 0.05) is 5.75 Å². The standard InChI is InChI=1S/C4H11N2O4PS/c5-3(1-12)4(7)6-2-11(8,9)10/h3,12H,1-2,5H2,(H,6,7)(H2,8,9,10)/t3-/m0/s1. The Morgan fingerprint density at radius 2 is 2.17 bits per heavy atom. The summed E-state index contributed by atoms with van der Waals surface area (Å²) in [6.07, 6.45) is -0.687. The van der Waals surface area contributed by atoms with E-state index in [-0.39, 0.29) is 5.75 Å². The third kappa shape index (κ3) is 5.56. The highest BCUT2D eigenvalue weighted by atomic mass is 32.1. The van der Waals surface area contributed by atoms with E-state index in [2.05, 4.69) is 12.6 Å². The molecule has 72 valence electrons. The third-order valence-corrected chi connectivity index (χ3v) is 1.96. The van der Waals surface area contributed by atoms with E-state index >= 15 is 0 Å². The van der Waals surface area contributed by atoms with E-state index in [0.717, 1.165) is 0 Å². The Bertz CT molecular complexity index is 205. The summed E-state index contributed by atoms with van der Waals surface area (Å²) < 4.78 is 10.3. The van der Waals surface area contributed by atoms with Crippen molar-refractivity contribution < 1.29 is 19.1 Å². The van der Waals surface area contributed by atoms with Crippen molar-refractivity contribution >= 4 is 26.1 Å². The predicted molar refractivity (Wildman–Crippen MR) is 46.9 cm³/mol. The molecule has 0 unspecified atom stereocenters. The Kier molecular flexibility index (Phi) is 4.81. The molecular weight excluding hydrogens is 203 g/mol. The van der Waals surface area contributed by atoms with Crippen molar-refractivity contribution in [3.05, 3.63) is 0 Å². The van der Waals surface area contributed by atoms with Crippen molar-refractivity contribution in [1.29, 1.82) is 0 Å². The molecule has 5 N–H and O–H groups in total. The zero-order valence-electron chi connectivity index (χ0n) is 6.17. The van der Waals surface area contributed by atoms with E-state index in [1.54, 1.807) is 0 Å². The van der Waals surface area contributed by atoms with Crippen LogP contribution < -0.4 is 11.1 Å². The molecule has 8 heteroatoms. The van der Waals surface area contributed by atoms with Gasteiger partial charge in [-0.2, -0.15) is 12.6 Å². The normalized spacial score (nSPS) is 14.0. The first kappa shape index (κ1) is 11.9. The Labute approximate surface area is 75.1 Å². The summed E-state index contributed by atoms with van der Waals surface area (Å²) in [6.45, 7) is 0. The molecule has 0 aliphatic rings. The zero-order chi connectivity index (χ0) is 9.78. The first-order chi connectivity index (χ1) is 5.37. The highest BCUT2D eigenvalue weighted by Gasteiger charge is 2.17. The second-order valence-electron chi connectivity index (χ2n) is 2.15. The third-order valence-electron chi connectivity index (χ3n) is 0.993. The smallest absolute Gasteiger partial charge is 0.343 e. The van der Waals surface area contributed by atoms with Gasteiger partial charge in [-0.15, -0.1) is 0 Å². The lowest BCUT2D eigenvalue weighted by Crippen LogP contribution is -2.42. The fraction of sp³-hybridized carbons (Fsp3) is 0.750. The summed E-state index contributed by atoms with van der Waals surface area (Å²) in [5.74, 6) is -0.485. The van der Waals surface area contributed by atoms with Crippen LogP contribution in [0, 0.1) is 0 Å². The van der Waals surface area contributed by atoms with Crippen LogP contribution in [0.25, 0.3) is 0 Å². The lowest BCUT2D eigenvalue weighted by molar-refractivity contribution is -0.121. The van der Waals surface area contributed by atoms with Crippen molar-refractivity contribution in [2.45, 2.75) is 6.04 Å². The minimum atomic E-state index is -4.18. The number of thiol groups is 1. The minimum Gasteiger partial charge on any atom is -0.343 e. The molecule has 0 fully saturated rings. The molecule has 1 amide bonds. The summed E-state index contributed by atoms with van der Waals surface area (Å²) >= 11 is 3.74. The Morgan fingerprint density at radius 1 is 1.67 bits per heavy atom. The first-order valence-corrected chi connectivity index (χ1v) is 5.48. The molecule has 0 heterocycles. The molecule has 1 atom stereocenters. The molecule has 0 aromatic rings.